The van der Waals surface area contributed by atoms with Gasteiger partial charge in [-0.15, -0.1) is 10.2 Å². The number of hydrogen-bond acceptors (Lipinski definition) is 7. The molecule has 3 heterocycles. The zero-order valence-corrected chi connectivity index (χ0v) is 16.1. The number of aromatic nitrogens is 3. The highest BCUT2D eigenvalue weighted by atomic mass is 35.5. The normalized spacial score (nSPS) is 16.2. The molecule has 8 nitrogen and oxygen atoms in total. The van der Waals surface area contributed by atoms with Gasteiger partial charge in [0.25, 0.3) is 5.91 Å². The van der Waals surface area contributed by atoms with Crippen LogP contribution in [0.25, 0.3) is 0 Å². The first-order chi connectivity index (χ1) is 13.6. The first kappa shape index (κ1) is 18.3. The first-order valence-corrected chi connectivity index (χ1v) is 9.73. The van der Waals surface area contributed by atoms with E-state index >= 15 is 0 Å². The maximum atomic E-state index is 12.7. The molecule has 1 atom stereocenters. The lowest BCUT2D eigenvalue weighted by Crippen LogP contribution is -2.33. The van der Waals surface area contributed by atoms with Crippen LogP contribution in [-0.4, -0.2) is 39.6 Å². The summed E-state index contributed by atoms with van der Waals surface area (Å²) in [5.74, 6) is 0.188. The predicted molar refractivity (Wildman–Crippen MR) is 108 cm³/mol. The number of nitrogens with zero attached hydrogens (tertiary/aromatic N) is 4. The molecule has 0 aliphatic carbocycles. The van der Waals surface area contributed by atoms with Gasteiger partial charge >= 0.3 is 0 Å². The number of nitrogens with one attached hydrogen (secondary N) is 2. The molecule has 142 valence electrons. The molecule has 2 N–H and O–H groups in total. The quantitative estimate of drug-likeness (QED) is 0.665. The van der Waals surface area contributed by atoms with Gasteiger partial charge in [-0.1, -0.05) is 22.9 Å². The summed E-state index contributed by atoms with van der Waals surface area (Å²) in [5, 5.41) is 14.3. The summed E-state index contributed by atoms with van der Waals surface area (Å²) in [6, 6.07) is 10.1. The van der Waals surface area contributed by atoms with Crippen molar-refractivity contribution in [2.45, 2.75) is 12.5 Å². The molecule has 1 fully saturated rings. The third-order valence-electron chi connectivity index (χ3n) is 4.27. The molecular formula is C18H15ClN6O2S. The first-order valence-electron chi connectivity index (χ1n) is 8.47. The minimum Gasteiger partial charge on any atom is -0.358 e. The number of carbonyl (C=O) groups excluding carboxylic acids is 2. The predicted octanol–water partition coefficient (Wildman–Crippen LogP) is 3.06. The lowest BCUT2D eigenvalue weighted by Gasteiger charge is -2.17. The average Bonchev–Trinajstić information content (AvgIpc) is 3.34. The molecule has 0 bridgehead atoms. The van der Waals surface area contributed by atoms with Gasteiger partial charge in [0.15, 0.2) is 0 Å². The standard InChI is InChI=1S/C18H15ClN6O2S/c19-12-2-4-13(5-3-12)25-8-7-14(17(25)27)22-15-6-1-11(9-20-15)16(26)23-18-24-21-10-28-18/h1-6,9-10,14H,7-8H2,(H,20,22)(H,23,24,26). The summed E-state index contributed by atoms with van der Waals surface area (Å²) in [6.45, 7) is 0.612. The fraction of sp³-hybridized carbons (Fsp3) is 0.167. The molecule has 1 aliphatic heterocycles. The van der Waals surface area contributed by atoms with E-state index in [2.05, 4.69) is 25.8 Å². The van der Waals surface area contributed by atoms with E-state index in [1.807, 2.05) is 12.1 Å². The number of carbonyl (C=O) groups is 2. The van der Waals surface area contributed by atoms with Crippen molar-refractivity contribution in [2.75, 3.05) is 22.1 Å². The topological polar surface area (TPSA) is 100 Å². The molecule has 0 saturated carbocycles. The van der Waals surface area contributed by atoms with Crippen LogP contribution >= 0.6 is 22.9 Å². The van der Waals surface area contributed by atoms with E-state index in [0.717, 1.165) is 5.69 Å². The number of pyridine rings is 1. The SMILES string of the molecule is O=C(Nc1nncs1)c1ccc(NC2CCN(c3ccc(Cl)cc3)C2=O)nc1. The second-order valence-electron chi connectivity index (χ2n) is 6.08. The number of halogens is 1. The number of amides is 2. The molecule has 2 amide bonds. The number of anilines is 3. The average molecular weight is 415 g/mol. The van der Waals surface area contributed by atoms with Crippen molar-refractivity contribution in [3.8, 4) is 0 Å². The van der Waals surface area contributed by atoms with E-state index < -0.39 is 0 Å². The maximum absolute atomic E-state index is 12.7. The lowest BCUT2D eigenvalue weighted by molar-refractivity contribution is -0.117. The minimum absolute atomic E-state index is 0.0257. The highest BCUT2D eigenvalue weighted by Gasteiger charge is 2.32. The molecule has 1 saturated heterocycles. The molecule has 4 rings (SSSR count). The van der Waals surface area contributed by atoms with Crippen molar-refractivity contribution in [2.24, 2.45) is 0 Å². The summed E-state index contributed by atoms with van der Waals surface area (Å²) in [5.41, 5.74) is 2.74. The molecule has 10 heteroatoms. The third kappa shape index (κ3) is 3.95. The lowest BCUT2D eigenvalue weighted by atomic mass is 10.2. The summed E-state index contributed by atoms with van der Waals surface area (Å²) in [4.78, 5) is 30.8. The second-order valence-corrected chi connectivity index (χ2v) is 7.35. The van der Waals surface area contributed by atoms with Gasteiger partial charge in [0, 0.05) is 23.5 Å². The fourth-order valence-corrected chi connectivity index (χ4v) is 3.45. The zero-order valence-electron chi connectivity index (χ0n) is 14.5. The third-order valence-corrected chi connectivity index (χ3v) is 5.13. The van der Waals surface area contributed by atoms with Crippen molar-refractivity contribution in [1.82, 2.24) is 15.2 Å². The Bertz CT molecular complexity index is 978. The summed E-state index contributed by atoms with van der Waals surface area (Å²) < 4.78 is 0. The van der Waals surface area contributed by atoms with E-state index in [9.17, 15) is 9.59 Å². The Morgan fingerprint density at radius 1 is 1.21 bits per heavy atom. The zero-order chi connectivity index (χ0) is 19.5. The van der Waals surface area contributed by atoms with Crippen LogP contribution in [0.3, 0.4) is 0 Å². The van der Waals surface area contributed by atoms with Crippen LogP contribution in [-0.2, 0) is 4.79 Å². The Morgan fingerprint density at radius 3 is 2.71 bits per heavy atom. The van der Waals surface area contributed by atoms with Crippen molar-refractivity contribution in [3.63, 3.8) is 0 Å². The van der Waals surface area contributed by atoms with Crippen molar-refractivity contribution < 1.29 is 9.59 Å². The van der Waals surface area contributed by atoms with Gasteiger partial charge in [-0.3, -0.25) is 14.9 Å². The Hall–Kier alpha value is -3.04. The molecule has 3 aromatic rings. The van der Waals surface area contributed by atoms with Gasteiger partial charge in [-0.2, -0.15) is 0 Å². The van der Waals surface area contributed by atoms with Crippen LogP contribution in [0, 0.1) is 0 Å². The van der Waals surface area contributed by atoms with Crippen LogP contribution in [0.15, 0.2) is 48.1 Å². The van der Waals surface area contributed by atoms with Gasteiger partial charge in [0.2, 0.25) is 11.0 Å². The number of benzene rings is 1. The molecule has 0 radical (unpaired) electrons. The van der Waals surface area contributed by atoms with E-state index in [1.165, 1.54) is 23.0 Å². The van der Waals surface area contributed by atoms with Crippen molar-refractivity contribution >= 4 is 51.4 Å². The minimum atomic E-state index is -0.371. The van der Waals surface area contributed by atoms with Crippen molar-refractivity contribution in [1.29, 1.82) is 0 Å². The van der Waals surface area contributed by atoms with Gasteiger partial charge in [-0.05, 0) is 42.8 Å². The van der Waals surface area contributed by atoms with Gasteiger partial charge in [0.05, 0.1) is 5.56 Å². The molecule has 0 spiro atoms. The summed E-state index contributed by atoms with van der Waals surface area (Å²) in [6.07, 6.45) is 2.11. The molecular weight excluding hydrogens is 400 g/mol. The van der Waals surface area contributed by atoms with E-state index in [0.29, 0.717) is 34.5 Å². The van der Waals surface area contributed by atoms with Crippen LogP contribution in [0.5, 0.6) is 0 Å². The highest BCUT2D eigenvalue weighted by molar-refractivity contribution is 7.13. The molecule has 2 aromatic heterocycles. The Morgan fingerprint density at radius 2 is 2.04 bits per heavy atom. The van der Waals surface area contributed by atoms with Crippen LogP contribution in [0.2, 0.25) is 5.02 Å². The molecule has 1 aromatic carbocycles. The second kappa shape index (κ2) is 7.91. The van der Waals surface area contributed by atoms with Crippen LogP contribution in [0.4, 0.5) is 16.6 Å². The molecule has 1 aliphatic rings. The largest absolute Gasteiger partial charge is 0.358 e. The number of rotatable bonds is 5. The van der Waals surface area contributed by atoms with E-state index in [1.54, 1.807) is 29.2 Å². The van der Waals surface area contributed by atoms with Crippen LogP contribution < -0.4 is 15.5 Å². The Kier molecular flexibility index (Phi) is 5.18. The maximum Gasteiger partial charge on any atom is 0.259 e. The summed E-state index contributed by atoms with van der Waals surface area (Å²) >= 11 is 7.14. The Balaban J connectivity index is 1.38. The van der Waals surface area contributed by atoms with E-state index in [-0.39, 0.29) is 17.9 Å². The van der Waals surface area contributed by atoms with Gasteiger partial charge in [0.1, 0.15) is 17.4 Å². The van der Waals surface area contributed by atoms with Crippen molar-refractivity contribution in [3.05, 3.63) is 58.7 Å². The Labute approximate surface area is 169 Å². The fourth-order valence-electron chi connectivity index (χ4n) is 2.88. The molecule has 28 heavy (non-hydrogen) atoms. The number of hydrogen-bond donors (Lipinski definition) is 2. The van der Waals surface area contributed by atoms with Gasteiger partial charge < -0.3 is 10.2 Å². The summed E-state index contributed by atoms with van der Waals surface area (Å²) in [7, 11) is 0. The smallest absolute Gasteiger partial charge is 0.259 e. The van der Waals surface area contributed by atoms with Crippen LogP contribution in [0.1, 0.15) is 16.8 Å². The highest BCUT2D eigenvalue weighted by Crippen LogP contribution is 2.25. The molecule has 1 unspecified atom stereocenters. The monoisotopic (exact) mass is 414 g/mol. The van der Waals surface area contributed by atoms with Gasteiger partial charge in [-0.25, -0.2) is 4.98 Å². The van der Waals surface area contributed by atoms with E-state index in [4.69, 9.17) is 11.6 Å².